The Kier molecular flexibility index (Phi) is 2.44. The summed E-state index contributed by atoms with van der Waals surface area (Å²) in [7, 11) is 0. The normalized spacial score (nSPS) is 14.1. The lowest BCUT2D eigenvalue weighted by atomic mass is 10.3. The summed E-state index contributed by atoms with van der Waals surface area (Å²) in [6.07, 6.45) is 9.46. The van der Waals surface area contributed by atoms with Crippen molar-refractivity contribution in [2.45, 2.75) is 0 Å². The van der Waals surface area contributed by atoms with E-state index in [0.29, 0.717) is 11.4 Å². The number of hydrogen-bond donors (Lipinski definition) is 0. The van der Waals surface area contributed by atoms with E-state index in [4.69, 9.17) is 11.2 Å². The van der Waals surface area contributed by atoms with Crippen molar-refractivity contribution in [3.8, 4) is 18.3 Å². The predicted molar refractivity (Wildman–Crippen MR) is 57.5 cm³/mol. The fourth-order valence-electron chi connectivity index (χ4n) is 1.39. The summed E-state index contributed by atoms with van der Waals surface area (Å²) in [5.74, 6) is -0.218. The highest BCUT2D eigenvalue weighted by molar-refractivity contribution is 6.28. The number of anilines is 1. The van der Waals surface area contributed by atoms with E-state index in [2.05, 4.69) is 0 Å². The molecule has 4 heteroatoms. The Balaban J connectivity index is 2.26. The van der Waals surface area contributed by atoms with Gasteiger partial charge in [0, 0.05) is 12.2 Å². The molecule has 16 heavy (non-hydrogen) atoms. The van der Waals surface area contributed by atoms with Crippen molar-refractivity contribution in [2.24, 2.45) is 0 Å². The second-order valence-corrected chi connectivity index (χ2v) is 3.06. The molecule has 0 radical (unpaired) electrons. The molecule has 1 aliphatic heterocycles. The number of terminal acetylenes is 1. The summed E-state index contributed by atoms with van der Waals surface area (Å²) in [4.78, 5) is 23.8. The van der Waals surface area contributed by atoms with E-state index in [9.17, 15) is 9.59 Å². The maximum atomic E-state index is 11.4. The Morgan fingerprint density at radius 1 is 1.06 bits per heavy atom. The van der Waals surface area contributed by atoms with Gasteiger partial charge in [0.1, 0.15) is 11.9 Å². The molecule has 1 aromatic carbocycles. The van der Waals surface area contributed by atoms with Crippen LogP contribution >= 0.6 is 0 Å². The average Bonchev–Trinajstić information content (AvgIpc) is 2.61. The van der Waals surface area contributed by atoms with Crippen molar-refractivity contribution in [1.29, 1.82) is 0 Å². The van der Waals surface area contributed by atoms with Gasteiger partial charge in [0.2, 0.25) is 0 Å². The fraction of sp³-hybridized carbons (Fsp3) is 0. The van der Waals surface area contributed by atoms with Crippen molar-refractivity contribution in [3.05, 3.63) is 36.4 Å². The van der Waals surface area contributed by atoms with Crippen molar-refractivity contribution in [1.82, 2.24) is 0 Å². The van der Waals surface area contributed by atoms with Crippen molar-refractivity contribution in [3.63, 3.8) is 0 Å². The number of rotatable bonds is 2. The van der Waals surface area contributed by atoms with E-state index in [1.165, 1.54) is 12.2 Å². The van der Waals surface area contributed by atoms with Crippen LogP contribution in [0.5, 0.6) is 5.75 Å². The molecule has 2 amide bonds. The quantitative estimate of drug-likeness (QED) is 0.545. The summed E-state index contributed by atoms with van der Waals surface area (Å²) in [6.45, 7) is 0. The summed E-state index contributed by atoms with van der Waals surface area (Å²) in [5, 5.41) is 0. The van der Waals surface area contributed by atoms with E-state index >= 15 is 0 Å². The van der Waals surface area contributed by atoms with Crippen molar-refractivity contribution >= 4 is 17.5 Å². The summed E-state index contributed by atoms with van der Waals surface area (Å²) < 4.78 is 4.80. The van der Waals surface area contributed by atoms with Gasteiger partial charge in [-0.2, -0.15) is 0 Å². The van der Waals surface area contributed by atoms with Gasteiger partial charge in [-0.15, -0.1) is 0 Å². The van der Waals surface area contributed by atoms with Crippen LogP contribution in [0, 0.1) is 12.5 Å². The molecule has 1 aliphatic rings. The third-order valence-electron chi connectivity index (χ3n) is 2.08. The Morgan fingerprint density at radius 3 is 2.12 bits per heavy atom. The molecular weight excluding hydrogens is 206 g/mol. The zero-order valence-corrected chi connectivity index (χ0v) is 8.21. The lowest BCUT2D eigenvalue weighted by molar-refractivity contribution is -0.119. The van der Waals surface area contributed by atoms with Gasteiger partial charge in [0.05, 0.1) is 5.69 Å². The highest BCUT2D eigenvalue weighted by Crippen LogP contribution is 2.22. The second-order valence-electron chi connectivity index (χ2n) is 3.06. The monoisotopic (exact) mass is 213 g/mol. The molecule has 0 bridgehead atoms. The van der Waals surface area contributed by atoms with E-state index in [-0.39, 0.29) is 11.8 Å². The lowest BCUT2D eigenvalue weighted by Gasteiger charge is -2.13. The van der Waals surface area contributed by atoms with Crippen LogP contribution in [0.1, 0.15) is 0 Å². The summed E-state index contributed by atoms with van der Waals surface area (Å²) >= 11 is 0. The minimum absolute atomic E-state index is 0.351. The van der Waals surface area contributed by atoms with Crippen LogP contribution in [0.25, 0.3) is 0 Å². The summed E-state index contributed by atoms with van der Waals surface area (Å²) in [5.41, 5.74) is 0.490. The van der Waals surface area contributed by atoms with Crippen LogP contribution in [0.4, 0.5) is 5.69 Å². The Hall–Kier alpha value is -2.54. The lowest BCUT2D eigenvalue weighted by Crippen LogP contribution is -2.29. The summed E-state index contributed by atoms with van der Waals surface area (Å²) in [6, 6.07) is 6.37. The van der Waals surface area contributed by atoms with Crippen LogP contribution in [0.15, 0.2) is 36.4 Å². The highest BCUT2D eigenvalue weighted by Gasteiger charge is 2.24. The molecule has 1 heterocycles. The van der Waals surface area contributed by atoms with Gasteiger partial charge in [-0.25, -0.2) is 4.90 Å². The molecule has 1 aromatic rings. The Labute approximate surface area is 92.1 Å². The zero-order chi connectivity index (χ0) is 11.5. The molecule has 0 N–H and O–H groups in total. The van der Waals surface area contributed by atoms with E-state index in [1.807, 2.05) is 6.11 Å². The number of nitrogens with zero attached hydrogens (tertiary/aromatic N) is 1. The fourth-order valence-corrected chi connectivity index (χ4v) is 1.39. The molecule has 0 aliphatic carbocycles. The molecular formula is C12H7NO3. The molecule has 0 atom stereocenters. The second kappa shape index (κ2) is 3.91. The van der Waals surface area contributed by atoms with Crippen LogP contribution in [0.2, 0.25) is 0 Å². The van der Waals surface area contributed by atoms with Crippen LogP contribution in [-0.4, -0.2) is 11.8 Å². The third-order valence-corrected chi connectivity index (χ3v) is 2.08. The van der Waals surface area contributed by atoms with Crippen LogP contribution in [-0.2, 0) is 9.59 Å². The number of amides is 2. The SMILES string of the molecule is C#COc1ccc(N2C(=O)C=CC2=O)cc1. The van der Waals surface area contributed by atoms with Gasteiger partial charge < -0.3 is 4.74 Å². The molecule has 0 unspecified atom stereocenters. The molecule has 0 spiro atoms. The first kappa shape index (κ1) is 9.99. The van der Waals surface area contributed by atoms with Crippen molar-refractivity contribution in [2.75, 3.05) is 4.90 Å². The molecule has 0 saturated carbocycles. The smallest absolute Gasteiger partial charge is 0.258 e. The van der Waals surface area contributed by atoms with Gasteiger partial charge >= 0.3 is 0 Å². The zero-order valence-electron chi connectivity index (χ0n) is 8.21. The number of imide groups is 1. The minimum atomic E-state index is -0.351. The molecule has 0 fully saturated rings. The van der Waals surface area contributed by atoms with Gasteiger partial charge in [-0.3, -0.25) is 9.59 Å². The van der Waals surface area contributed by atoms with E-state index in [0.717, 1.165) is 4.90 Å². The predicted octanol–water partition coefficient (Wildman–Crippen LogP) is 1.09. The van der Waals surface area contributed by atoms with E-state index < -0.39 is 0 Å². The first-order valence-corrected chi connectivity index (χ1v) is 4.51. The van der Waals surface area contributed by atoms with Gasteiger partial charge in [-0.1, -0.05) is 6.42 Å². The third kappa shape index (κ3) is 1.66. The number of ether oxygens (including phenoxy) is 1. The maximum Gasteiger partial charge on any atom is 0.258 e. The standard InChI is InChI=1S/C12H7NO3/c1-2-16-10-5-3-9(4-6-10)13-11(14)7-8-12(13)15/h1,3-8H. The molecule has 2 rings (SSSR count). The first-order chi connectivity index (χ1) is 7.72. The largest absolute Gasteiger partial charge is 0.408 e. The first-order valence-electron chi connectivity index (χ1n) is 4.51. The number of carbonyl (C=O) groups excluding carboxylic acids is 2. The van der Waals surface area contributed by atoms with Gasteiger partial charge in [0.25, 0.3) is 11.8 Å². The van der Waals surface area contributed by atoms with Crippen LogP contribution in [0.3, 0.4) is 0 Å². The Morgan fingerprint density at radius 2 is 1.62 bits per heavy atom. The van der Waals surface area contributed by atoms with Crippen molar-refractivity contribution < 1.29 is 14.3 Å². The minimum Gasteiger partial charge on any atom is -0.408 e. The molecule has 0 aromatic heterocycles. The molecule has 4 nitrogen and oxygen atoms in total. The molecule has 0 saturated heterocycles. The topological polar surface area (TPSA) is 46.6 Å². The Bertz CT molecular complexity index is 490. The maximum absolute atomic E-state index is 11.4. The van der Waals surface area contributed by atoms with E-state index in [1.54, 1.807) is 24.3 Å². The number of carbonyl (C=O) groups is 2. The van der Waals surface area contributed by atoms with Gasteiger partial charge in [-0.05, 0) is 24.3 Å². The molecule has 78 valence electrons. The number of benzene rings is 1. The highest BCUT2D eigenvalue weighted by atomic mass is 16.5. The average molecular weight is 213 g/mol. The van der Waals surface area contributed by atoms with Crippen LogP contribution < -0.4 is 9.64 Å². The van der Waals surface area contributed by atoms with Gasteiger partial charge in [0.15, 0.2) is 0 Å². The number of hydrogen-bond acceptors (Lipinski definition) is 3.